The molecule has 27 heavy (non-hydrogen) atoms. The molecule has 0 saturated heterocycles. The van der Waals surface area contributed by atoms with Gasteiger partial charge in [0.15, 0.2) is 5.65 Å². The number of anilines is 1. The smallest absolute Gasteiger partial charge is 0.163 e. The van der Waals surface area contributed by atoms with Gasteiger partial charge in [-0.1, -0.05) is 30.3 Å². The second-order valence-electron chi connectivity index (χ2n) is 6.72. The van der Waals surface area contributed by atoms with Gasteiger partial charge < -0.3 is 9.88 Å². The zero-order valence-corrected chi connectivity index (χ0v) is 15.8. The van der Waals surface area contributed by atoms with Crippen LogP contribution in [0.15, 0.2) is 49.1 Å². The number of hydrogen-bond donors (Lipinski definition) is 1. The van der Waals surface area contributed by atoms with Crippen LogP contribution in [0.4, 0.5) is 5.82 Å². The summed E-state index contributed by atoms with van der Waals surface area (Å²) in [4.78, 5) is 13.4. The van der Waals surface area contributed by atoms with Gasteiger partial charge in [-0.25, -0.2) is 15.0 Å². The van der Waals surface area contributed by atoms with Gasteiger partial charge in [0, 0.05) is 26.0 Å². The Morgan fingerprint density at radius 2 is 1.93 bits per heavy atom. The van der Waals surface area contributed by atoms with Gasteiger partial charge in [-0.15, -0.1) is 0 Å². The summed E-state index contributed by atoms with van der Waals surface area (Å²) in [6, 6.07) is 10.6. The maximum Gasteiger partial charge on any atom is 0.163 e. The van der Waals surface area contributed by atoms with E-state index in [0.29, 0.717) is 0 Å². The number of rotatable bonds is 6. The molecule has 0 radical (unpaired) electrons. The topological polar surface area (TPSA) is 73.5 Å². The highest BCUT2D eigenvalue weighted by atomic mass is 15.3. The maximum atomic E-state index is 4.69. The van der Waals surface area contributed by atoms with E-state index >= 15 is 0 Å². The standard InChI is InChI=1S/C20H23N7/c1-14-18-19(22-15(2)23-20(18)26(3)25-14)24-17(16-7-5-4-6-8-16)9-11-27-12-10-21-13-27/h4-8,10,12-13,17H,9,11H2,1-3H3,(H,22,23,24)/t17-/m0/s1. The monoisotopic (exact) mass is 361 g/mol. The van der Waals surface area contributed by atoms with E-state index in [2.05, 4.69) is 49.2 Å². The summed E-state index contributed by atoms with van der Waals surface area (Å²) in [6.07, 6.45) is 6.55. The highest BCUT2D eigenvalue weighted by Crippen LogP contribution is 2.29. The number of hydrogen-bond acceptors (Lipinski definition) is 5. The van der Waals surface area contributed by atoms with E-state index in [1.165, 1.54) is 5.56 Å². The Hall–Kier alpha value is -3.22. The van der Waals surface area contributed by atoms with Gasteiger partial charge >= 0.3 is 0 Å². The third kappa shape index (κ3) is 3.53. The molecule has 0 fully saturated rings. The number of aromatic nitrogens is 6. The van der Waals surface area contributed by atoms with E-state index < -0.39 is 0 Å². The van der Waals surface area contributed by atoms with Gasteiger partial charge in [0.2, 0.25) is 0 Å². The minimum atomic E-state index is 0.116. The molecule has 1 aromatic carbocycles. The first-order valence-corrected chi connectivity index (χ1v) is 9.07. The Balaban J connectivity index is 1.70. The first-order valence-electron chi connectivity index (χ1n) is 9.07. The molecule has 0 aliphatic rings. The van der Waals surface area contributed by atoms with E-state index in [1.54, 1.807) is 6.20 Å². The Kier molecular flexibility index (Phi) is 4.58. The molecule has 138 valence electrons. The number of nitrogens with zero attached hydrogens (tertiary/aromatic N) is 6. The van der Waals surface area contributed by atoms with E-state index in [4.69, 9.17) is 4.98 Å². The Morgan fingerprint density at radius 3 is 2.67 bits per heavy atom. The first kappa shape index (κ1) is 17.2. The second-order valence-corrected chi connectivity index (χ2v) is 6.72. The van der Waals surface area contributed by atoms with Crippen molar-refractivity contribution in [1.82, 2.24) is 29.3 Å². The number of benzene rings is 1. The van der Waals surface area contributed by atoms with Gasteiger partial charge in [-0.2, -0.15) is 5.10 Å². The highest BCUT2D eigenvalue weighted by Gasteiger charge is 2.18. The second kappa shape index (κ2) is 7.19. The molecular weight excluding hydrogens is 338 g/mol. The number of aryl methyl sites for hydroxylation is 4. The van der Waals surface area contributed by atoms with Crippen LogP contribution < -0.4 is 5.32 Å². The van der Waals surface area contributed by atoms with E-state index in [0.717, 1.165) is 41.3 Å². The molecule has 0 bridgehead atoms. The predicted molar refractivity (Wildman–Crippen MR) is 105 cm³/mol. The largest absolute Gasteiger partial charge is 0.362 e. The number of fused-ring (bicyclic) bond motifs is 1. The summed E-state index contributed by atoms with van der Waals surface area (Å²) in [6.45, 7) is 4.77. The molecule has 4 aromatic rings. The molecule has 0 amide bonds. The molecule has 0 spiro atoms. The highest BCUT2D eigenvalue weighted by molar-refractivity contribution is 5.89. The van der Waals surface area contributed by atoms with Crippen LogP contribution in [-0.2, 0) is 13.6 Å². The summed E-state index contributed by atoms with van der Waals surface area (Å²) >= 11 is 0. The molecule has 0 saturated carbocycles. The third-order valence-electron chi connectivity index (χ3n) is 4.72. The van der Waals surface area contributed by atoms with Crippen molar-refractivity contribution in [2.24, 2.45) is 7.05 Å². The summed E-state index contributed by atoms with van der Waals surface area (Å²) in [7, 11) is 1.92. The molecule has 1 N–H and O–H groups in total. The zero-order valence-electron chi connectivity index (χ0n) is 15.8. The predicted octanol–water partition coefficient (Wildman–Crippen LogP) is 3.42. The van der Waals surface area contributed by atoms with Crippen molar-refractivity contribution in [3.63, 3.8) is 0 Å². The lowest BCUT2D eigenvalue weighted by atomic mass is 10.0. The molecule has 7 heteroatoms. The molecule has 0 aliphatic heterocycles. The molecule has 3 aromatic heterocycles. The van der Waals surface area contributed by atoms with Crippen molar-refractivity contribution in [3.05, 3.63) is 66.1 Å². The lowest BCUT2D eigenvalue weighted by Gasteiger charge is -2.21. The molecule has 0 unspecified atom stereocenters. The SMILES string of the molecule is Cc1nc(N[C@@H](CCn2ccnc2)c2ccccc2)c2c(C)nn(C)c2n1. The fraction of sp³-hybridized carbons (Fsp3) is 0.300. The molecule has 1 atom stereocenters. The van der Waals surface area contributed by atoms with Crippen molar-refractivity contribution < 1.29 is 0 Å². The molecular formula is C20H23N7. The van der Waals surface area contributed by atoms with E-state index in [-0.39, 0.29) is 6.04 Å². The van der Waals surface area contributed by atoms with Gasteiger partial charge in [0.1, 0.15) is 11.6 Å². The quantitative estimate of drug-likeness (QED) is 0.570. The third-order valence-corrected chi connectivity index (χ3v) is 4.72. The Bertz CT molecular complexity index is 1040. The van der Waals surface area contributed by atoms with Gasteiger partial charge in [-0.05, 0) is 25.8 Å². The van der Waals surface area contributed by atoms with Crippen LogP contribution in [0.3, 0.4) is 0 Å². The lowest BCUT2D eigenvalue weighted by Crippen LogP contribution is -2.15. The van der Waals surface area contributed by atoms with Crippen LogP contribution in [0, 0.1) is 13.8 Å². The van der Waals surface area contributed by atoms with Crippen molar-refractivity contribution >= 4 is 16.9 Å². The fourth-order valence-corrected chi connectivity index (χ4v) is 3.42. The average Bonchev–Trinajstić information content (AvgIpc) is 3.27. The van der Waals surface area contributed by atoms with Crippen LogP contribution in [0.5, 0.6) is 0 Å². The van der Waals surface area contributed by atoms with Gasteiger partial charge in [0.05, 0.1) is 23.4 Å². The lowest BCUT2D eigenvalue weighted by molar-refractivity contribution is 0.582. The van der Waals surface area contributed by atoms with Crippen LogP contribution in [-0.4, -0.2) is 29.3 Å². The minimum absolute atomic E-state index is 0.116. The van der Waals surface area contributed by atoms with E-state index in [1.807, 2.05) is 44.2 Å². The fourth-order valence-electron chi connectivity index (χ4n) is 3.42. The Morgan fingerprint density at radius 1 is 1.11 bits per heavy atom. The van der Waals surface area contributed by atoms with Crippen LogP contribution >= 0.6 is 0 Å². The number of imidazole rings is 1. The Labute approximate surface area is 158 Å². The van der Waals surface area contributed by atoms with Crippen LogP contribution in [0.2, 0.25) is 0 Å². The summed E-state index contributed by atoms with van der Waals surface area (Å²) < 4.78 is 3.90. The first-order chi connectivity index (χ1) is 13.1. The van der Waals surface area contributed by atoms with E-state index in [9.17, 15) is 0 Å². The molecule has 0 aliphatic carbocycles. The summed E-state index contributed by atoms with van der Waals surface area (Å²) in [5.74, 6) is 1.57. The van der Waals surface area contributed by atoms with Crippen molar-refractivity contribution in [3.8, 4) is 0 Å². The normalized spacial score (nSPS) is 12.4. The van der Waals surface area contributed by atoms with Crippen LogP contribution in [0.1, 0.15) is 29.5 Å². The van der Waals surface area contributed by atoms with Gasteiger partial charge in [-0.3, -0.25) is 4.68 Å². The summed E-state index contributed by atoms with van der Waals surface area (Å²) in [5.41, 5.74) is 3.00. The molecule has 3 heterocycles. The maximum absolute atomic E-state index is 4.69. The van der Waals surface area contributed by atoms with Crippen molar-refractivity contribution in [2.45, 2.75) is 32.9 Å². The average molecular weight is 361 g/mol. The van der Waals surface area contributed by atoms with Gasteiger partial charge in [0.25, 0.3) is 0 Å². The number of nitrogens with one attached hydrogen (secondary N) is 1. The van der Waals surface area contributed by atoms with Crippen molar-refractivity contribution in [1.29, 1.82) is 0 Å². The minimum Gasteiger partial charge on any atom is -0.362 e. The van der Waals surface area contributed by atoms with Crippen LogP contribution in [0.25, 0.3) is 11.0 Å². The van der Waals surface area contributed by atoms with Crippen molar-refractivity contribution in [2.75, 3.05) is 5.32 Å². The summed E-state index contributed by atoms with van der Waals surface area (Å²) in [5, 5.41) is 9.16. The molecule has 7 nitrogen and oxygen atoms in total. The zero-order chi connectivity index (χ0) is 18.8. The molecule has 4 rings (SSSR count).